The van der Waals surface area contributed by atoms with Gasteiger partial charge in [-0.1, -0.05) is 0 Å². The summed E-state index contributed by atoms with van der Waals surface area (Å²) in [6.45, 7) is 7.85. The van der Waals surface area contributed by atoms with Gasteiger partial charge in [-0.15, -0.1) is 0 Å². The monoisotopic (exact) mass is 360 g/mol. The number of nitrogens with one attached hydrogen (secondary N) is 1. The molecule has 0 spiro atoms. The maximum atomic E-state index is 13.9. The van der Waals surface area contributed by atoms with Crippen molar-refractivity contribution in [3.63, 3.8) is 0 Å². The number of aromatic nitrogens is 2. The fourth-order valence-corrected chi connectivity index (χ4v) is 2.48. The highest BCUT2D eigenvalue weighted by Gasteiger charge is 2.28. The van der Waals surface area contributed by atoms with Gasteiger partial charge in [0.25, 0.3) is 0 Å². The number of anilines is 3. The lowest BCUT2D eigenvalue weighted by Gasteiger charge is -2.31. The largest absolute Gasteiger partial charge is 0.490 e. The predicted octanol–water partition coefficient (Wildman–Crippen LogP) is 3.80. The van der Waals surface area contributed by atoms with Crippen LogP contribution in [0.5, 0.6) is 5.75 Å². The number of fused-ring (bicyclic) bond motifs is 1. The van der Waals surface area contributed by atoms with Crippen molar-refractivity contribution in [3.05, 3.63) is 36.0 Å². The van der Waals surface area contributed by atoms with Gasteiger partial charge in [0.1, 0.15) is 23.8 Å². The first-order valence-corrected chi connectivity index (χ1v) is 8.26. The molecule has 0 bridgehead atoms. The van der Waals surface area contributed by atoms with Gasteiger partial charge in [0.05, 0.1) is 18.4 Å². The SMILES string of the molecule is Cc1ncc(F)c(Nc2ccc3c(c2)N(C(=O)OC(C)(C)C)CCO3)n1. The van der Waals surface area contributed by atoms with Crippen LogP contribution in [0.4, 0.5) is 26.4 Å². The van der Waals surface area contributed by atoms with Gasteiger partial charge in [0, 0.05) is 5.69 Å². The van der Waals surface area contributed by atoms with Crippen LogP contribution in [-0.2, 0) is 4.74 Å². The molecule has 0 saturated carbocycles. The molecule has 1 aliphatic rings. The minimum atomic E-state index is -0.604. The summed E-state index contributed by atoms with van der Waals surface area (Å²) < 4.78 is 25.0. The van der Waals surface area contributed by atoms with Gasteiger partial charge < -0.3 is 14.8 Å². The number of hydrogen-bond donors (Lipinski definition) is 1. The Morgan fingerprint density at radius 3 is 2.88 bits per heavy atom. The molecule has 2 heterocycles. The Kier molecular flexibility index (Phi) is 4.67. The lowest BCUT2D eigenvalue weighted by atomic mass is 10.2. The quantitative estimate of drug-likeness (QED) is 0.878. The number of carbonyl (C=O) groups is 1. The van der Waals surface area contributed by atoms with E-state index in [4.69, 9.17) is 9.47 Å². The molecule has 1 N–H and O–H groups in total. The van der Waals surface area contributed by atoms with E-state index in [0.717, 1.165) is 6.20 Å². The highest BCUT2D eigenvalue weighted by atomic mass is 19.1. The van der Waals surface area contributed by atoms with Crippen molar-refractivity contribution in [1.29, 1.82) is 0 Å². The normalized spacial score (nSPS) is 13.7. The first kappa shape index (κ1) is 17.9. The molecule has 2 aromatic rings. The van der Waals surface area contributed by atoms with Gasteiger partial charge in [-0.2, -0.15) is 0 Å². The molecule has 0 atom stereocenters. The molecule has 1 aliphatic heterocycles. The Labute approximate surface area is 151 Å². The number of ether oxygens (including phenoxy) is 2. The molecule has 0 saturated heterocycles. The molecular formula is C18H21FN4O3. The zero-order chi connectivity index (χ0) is 18.9. The first-order chi connectivity index (χ1) is 12.2. The average molecular weight is 360 g/mol. The standard InChI is InChI=1S/C18H21FN4O3/c1-11-20-10-13(19)16(21-11)22-12-5-6-15-14(9-12)23(7-8-25-15)17(24)26-18(2,3)4/h5-6,9-10H,7-8H2,1-4H3,(H,20,21,22). The summed E-state index contributed by atoms with van der Waals surface area (Å²) >= 11 is 0. The second kappa shape index (κ2) is 6.78. The predicted molar refractivity (Wildman–Crippen MR) is 95.5 cm³/mol. The van der Waals surface area contributed by atoms with Crippen molar-refractivity contribution in [3.8, 4) is 5.75 Å². The summed E-state index contributed by atoms with van der Waals surface area (Å²) in [6, 6.07) is 5.16. The molecule has 138 valence electrons. The van der Waals surface area contributed by atoms with Crippen molar-refractivity contribution in [2.24, 2.45) is 0 Å². The highest BCUT2D eigenvalue weighted by molar-refractivity contribution is 5.91. The number of rotatable bonds is 2. The smallest absolute Gasteiger partial charge is 0.415 e. The highest BCUT2D eigenvalue weighted by Crippen LogP contribution is 2.35. The zero-order valence-corrected chi connectivity index (χ0v) is 15.2. The number of carbonyl (C=O) groups excluding carboxylic acids is 1. The molecule has 7 nitrogen and oxygen atoms in total. The second-order valence-electron chi connectivity index (χ2n) is 6.90. The first-order valence-electron chi connectivity index (χ1n) is 8.26. The van der Waals surface area contributed by atoms with Crippen LogP contribution in [0.15, 0.2) is 24.4 Å². The van der Waals surface area contributed by atoms with Crippen LogP contribution in [0.25, 0.3) is 0 Å². The summed E-state index contributed by atoms with van der Waals surface area (Å²) in [7, 11) is 0. The van der Waals surface area contributed by atoms with Gasteiger partial charge in [-0.05, 0) is 45.9 Å². The summed E-state index contributed by atoms with van der Waals surface area (Å²) in [5.74, 6) is 0.518. The van der Waals surface area contributed by atoms with Crippen molar-refractivity contribution in [2.45, 2.75) is 33.3 Å². The number of hydrogen-bond acceptors (Lipinski definition) is 6. The molecule has 0 radical (unpaired) electrons. The van der Waals surface area contributed by atoms with Gasteiger partial charge in [0.15, 0.2) is 11.6 Å². The van der Waals surface area contributed by atoms with Crippen LogP contribution in [0.2, 0.25) is 0 Å². The topological polar surface area (TPSA) is 76.6 Å². The van der Waals surface area contributed by atoms with Gasteiger partial charge >= 0.3 is 6.09 Å². The number of aryl methyl sites for hydroxylation is 1. The number of benzene rings is 1. The van der Waals surface area contributed by atoms with Crippen LogP contribution in [0.3, 0.4) is 0 Å². The summed E-state index contributed by atoms with van der Waals surface area (Å²) in [5, 5.41) is 2.91. The molecule has 3 rings (SSSR count). The van der Waals surface area contributed by atoms with Crippen molar-refractivity contribution in [1.82, 2.24) is 9.97 Å². The van der Waals surface area contributed by atoms with E-state index < -0.39 is 17.5 Å². The Morgan fingerprint density at radius 2 is 2.15 bits per heavy atom. The number of amides is 1. The van der Waals surface area contributed by atoms with Gasteiger partial charge in [-0.25, -0.2) is 19.2 Å². The third kappa shape index (κ3) is 4.01. The summed E-state index contributed by atoms with van der Waals surface area (Å²) in [4.78, 5) is 21.9. The van der Waals surface area contributed by atoms with Crippen molar-refractivity contribution < 1.29 is 18.7 Å². The van der Waals surface area contributed by atoms with Crippen LogP contribution >= 0.6 is 0 Å². The second-order valence-corrected chi connectivity index (χ2v) is 6.90. The molecule has 0 aliphatic carbocycles. The molecular weight excluding hydrogens is 339 g/mol. The number of halogens is 1. The van der Waals surface area contributed by atoms with Crippen LogP contribution in [-0.4, -0.2) is 34.8 Å². The van der Waals surface area contributed by atoms with E-state index in [1.165, 1.54) is 4.90 Å². The van der Waals surface area contributed by atoms with E-state index >= 15 is 0 Å². The maximum Gasteiger partial charge on any atom is 0.415 e. The Bertz CT molecular complexity index is 836. The van der Waals surface area contributed by atoms with Crippen molar-refractivity contribution >= 4 is 23.3 Å². The summed E-state index contributed by atoms with van der Waals surface area (Å²) in [5.41, 5.74) is 0.522. The van der Waals surface area contributed by atoms with E-state index in [-0.39, 0.29) is 5.82 Å². The fourth-order valence-electron chi connectivity index (χ4n) is 2.48. The number of nitrogens with zero attached hydrogens (tertiary/aromatic N) is 3. The van der Waals surface area contributed by atoms with Crippen molar-refractivity contribution in [2.75, 3.05) is 23.4 Å². The lowest BCUT2D eigenvalue weighted by molar-refractivity contribution is 0.0568. The third-order valence-electron chi connectivity index (χ3n) is 3.56. The minimum Gasteiger partial charge on any atom is -0.490 e. The molecule has 0 unspecified atom stereocenters. The fraction of sp³-hybridized carbons (Fsp3) is 0.389. The van der Waals surface area contributed by atoms with E-state index in [0.29, 0.717) is 36.1 Å². The Balaban J connectivity index is 1.89. The van der Waals surface area contributed by atoms with E-state index in [2.05, 4.69) is 15.3 Å². The maximum absolute atomic E-state index is 13.9. The van der Waals surface area contributed by atoms with E-state index in [9.17, 15) is 9.18 Å². The van der Waals surface area contributed by atoms with Crippen LogP contribution in [0, 0.1) is 12.7 Å². The average Bonchev–Trinajstić information content (AvgIpc) is 2.56. The minimum absolute atomic E-state index is 0.0676. The third-order valence-corrected chi connectivity index (χ3v) is 3.56. The van der Waals surface area contributed by atoms with Gasteiger partial charge in [-0.3, -0.25) is 4.90 Å². The van der Waals surface area contributed by atoms with Crippen LogP contribution in [0.1, 0.15) is 26.6 Å². The Morgan fingerprint density at radius 1 is 1.38 bits per heavy atom. The van der Waals surface area contributed by atoms with E-state index in [1.54, 1.807) is 25.1 Å². The Hall–Kier alpha value is -2.90. The zero-order valence-electron chi connectivity index (χ0n) is 15.2. The molecule has 1 amide bonds. The molecule has 8 heteroatoms. The lowest BCUT2D eigenvalue weighted by Crippen LogP contribution is -2.41. The summed E-state index contributed by atoms with van der Waals surface area (Å²) in [6.07, 6.45) is 0.655. The molecule has 1 aromatic heterocycles. The molecule has 0 fully saturated rings. The van der Waals surface area contributed by atoms with Crippen LogP contribution < -0.4 is 15.0 Å². The van der Waals surface area contributed by atoms with E-state index in [1.807, 2.05) is 20.8 Å². The molecule has 26 heavy (non-hydrogen) atoms. The van der Waals surface area contributed by atoms with Gasteiger partial charge in [0.2, 0.25) is 0 Å². The molecule has 1 aromatic carbocycles.